The first-order chi connectivity index (χ1) is 8.26. The van der Waals surface area contributed by atoms with Crippen LogP contribution in [-0.4, -0.2) is 28.3 Å². The van der Waals surface area contributed by atoms with Crippen LogP contribution in [0.15, 0.2) is 22.2 Å². The highest BCUT2D eigenvalue weighted by atomic mass is 32.2. The van der Waals surface area contributed by atoms with Crippen LogP contribution < -0.4 is 10.9 Å². The number of H-pyrrole nitrogens is 1. The molecule has 1 unspecified atom stereocenters. The molecule has 0 aliphatic rings. The molecule has 0 aromatic carbocycles. The van der Waals surface area contributed by atoms with E-state index >= 15 is 0 Å². The number of hydrogen-bond donors (Lipinski definition) is 2. The van der Waals surface area contributed by atoms with Crippen LogP contribution in [0.5, 0.6) is 0 Å². The normalized spacial score (nSPS) is 12.0. The minimum absolute atomic E-state index is 0.127. The highest BCUT2D eigenvalue weighted by Gasteiger charge is 2.06. The fourth-order valence-corrected chi connectivity index (χ4v) is 2.08. The van der Waals surface area contributed by atoms with Gasteiger partial charge in [-0.15, -0.1) is 0 Å². The predicted octanol–water partition coefficient (Wildman–Crippen LogP) is 1.14. The van der Waals surface area contributed by atoms with Gasteiger partial charge in [-0.1, -0.05) is 18.7 Å². The molecule has 6 heteroatoms. The third kappa shape index (κ3) is 5.52. The van der Waals surface area contributed by atoms with E-state index in [0.717, 1.165) is 25.1 Å². The van der Waals surface area contributed by atoms with E-state index in [4.69, 9.17) is 5.26 Å². The Morgan fingerprint density at radius 2 is 2.53 bits per heavy atom. The Morgan fingerprint density at radius 3 is 3.18 bits per heavy atom. The molecular weight excluding hydrogens is 236 g/mol. The molecule has 0 saturated carbocycles. The summed E-state index contributed by atoms with van der Waals surface area (Å²) in [6, 6.07) is 3.47. The second-order valence-corrected chi connectivity index (χ2v) is 4.60. The molecule has 1 rings (SSSR count). The fourth-order valence-electron chi connectivity index (χ4n) is 1.23. The van der Waals surface area contributed by atoms with Gasteiger partial charge < -0.3 is 10.3 Å². The van der Waals surface area contributed by atoms with Crippen LogP contribution in [0.25, 0.3) is 0 Å². The molecule has 2 N–H and O–H groups in total. The van der Waals surface area contributed by atoms with Crippen molar-refractivity contribution in [3.63, 3.8) is 0 Å². The maximum atomic E-state index is 11.0. The molecule has 17 heavy (non-hydrogen) atoms. The van der Waals surface area contributed by atoms with E-state index in [1.165, 1.54) is 24.0 Å². The maximum Gasteiger partial charge on any atom is 0.251 e. The van der Waals surface area contributed by atoms with E-state index in [9.17, 15) is 4.79 Å². The molecule has 92 valence electrons. The number of aromatic nitrogens is 2. The molecule has 0 aliphatic carbocycles. The van der Waals surface area contributed by atoms with E-state index in [2.05, 4.69) is 28.3 Å². The standard InChI is InChI=1S/C11H16N4OS/c1-2-5-13-9(8-12)4-7-17-11-14-6-3-10(16)15-11/h3,6,9,13H,2,4-5,7H2,1H3,(H,14,15,16). The number of aromatic amines is 1. The minimum Gasteiger partial charge on any atom is -0.302 e. The van der Waals surface area contributed by atoms with E-state index in [0.29, 0.717) is 5.16 Å². The third-order valence-corrected chi connectivity index (χ3v) is 3.01. The van der Waals surface area contributed by atoms with Crippen molar-refractivity contribution >= 4 is 11.8 Å². The Morgan fingerprint density at radius 1 is 1.71 bits per heavy atom. The van der Waals surface area contributed by atoms with Gasteiger partial charge in [0.15, 0.2) is 5.16 Å². The van der Waals surface area contributed by atoms with Crippen LogP contribution in [0.2, 0.25) is 0 Å². The second-order valence-electron chi connectivity index (χ2n) is 3.51. The number of thioether (sulfide) groups is 1. The topological polar surface area (TPSA) is 81.6 Å². The smallest absolute Gasteiger partial charge is 0.251 e. The predicted molar refractivity (Wildman–Crippen MR) is 67.9 cm³/mol. The minimum atomic E-state index is -0.150. The highest BCUT2D eigenvalue weighted by Crippen LogP contribution is 2.12. The summed E-state index contributed by atoms with van der Waals surface area (Å²) in [7, 11) is 0. The lowest BCUT2D eigenvalue weighted by molar-refractivity contribution is 0.585. The SMILES string of the molecule is CCCNC(C#N)CCSc1nccc(=O)[nH]1. The fraction of sp³-hybridized carbons (Fsp3) is 0.545. The lowest BCUT2D eigenvalue weighted by Crippen LogP contribution is -2.28. The van der Waals surface area contributed by atoms with Crippen molar-refractivity contribution in [1.29, 1.82) is 5.26 Å². The van der Waals surface area contributed by atoms with Gasteiger partial charge in [0, 0.05) is 18.0 Å². The van der Waals surface area contributed by atoms with Crippen LogP contribution in [0.1, 0.15) is 19.8 Å². The summed E-state index contributed by atoms with van der Waals surface area (Å²) in [5.74, 6) is 0.752. The van der Waals surface area contributed by atoms with Crippen LogP contribution in [-0.2, 0) is 0 Å². The van der Waals surface area contributed by atoms with Gasteiger partial charge in [-0.2, -0.15) is 5.26 Å². The van der Waals surface area contributed by atoms with Crippen molar-refractivity contribution in [2.24, 2.45) is 0 Å². The summed E-state index contributed by atoms with van der Waals surface area (Å²) in [5.41, 5.74) is -0.150. The Balaban J connectivity index is 2.31. The van der Waals surface area contributed by atoms with Crippen LogP contribution >= 0.6 is 11.8 Å². The Bertz CT molecular complexity index is 426. The monoisotopic (exact) mass is 252 g/mol. The lowest BCUT2D eigenvalue weighted by atomic mass is 10.2. The summed E-state index contributed by atoms with van der Waals surface area (Å²) in [6.07, 6.45) is 3.23. The third-order valence-electron chi connectivity index (χ3n) is 2.09. The molecule has 5 nitrogen and oxygen atoms in total. The van der Waals surface area contributed by atoms with E-state index in [1.54, 1.807) is 0 Å². The number of nitrogens with zero attached hydrogens (tertiary/aromatic N) is 2. The quantitative estimate of drug-likeness (QED) is 0.562. The molecule has 1 aromatic heterocycles. The van der Waals surface area contributed by atoms with Crippen LogP contribution in [0.3, 0.4) is 0 Å². The molecule has 0 radical (unpaired) electrons. The molecular formula is C11H16N4OS. The van der Waals surface area contributed by atoms with Crippen molar-refractivity contribution in [3.05, 3.63) is 22.6 Å². The summed E-state index contributed by atoms with van der Waals surface area (Å²) in [5, 5.41) is 12.7. The zero-order chi connectivity index (χ0) is 12.5. The van der Waals surface area contributed by atoms with Crippen molar-refractivity contribution in [2.45, 2.75) is 31.0 Å². The van der Waals surface area contributed by atoms with Gasteiger partial charge in [0.05, 0.1) is 12.1 Å². The van der Waals surface area contributed by atoms with Crippen LogP contribution in [0.4, 0.5) is 0 Å². The molecule has 1 atom stereocenters. The number of nitriles is 1. The average molecular weight is 252 g/mol. The van der Waals surface area contributed by atoms with Gasteiger partial charge in [0.2, 0.25) is 0 Å². The lowest BCUT2D eigenvalue weighted by Gasteiger charge is -2.09. The molecule has 0 bridgehead atoms. The summed E-state index contributed by atoms with van der Waals surface area (Å²) in [4.78, 5) is 17.7. The first kappa shape index (κ1) is 13.7. The first-order valence-electron chi connectivity index (χ1n) is 5.57. The molecule has 0 saturated heterocycles. The molecule has 0 aliphatic heterocycles. The van der Waals surface area contributed by atoms with Gasteiger partial charge in [-0.05, 0) is 19.4 Å². The Labute approximate surface area is 105 Å². The molecule has 0 amide bonds. The highest BCUT2D eigenvalue weighted by molar-refractivity contribution is 7.99. The van der Waals surface area contributed by atoms with E-state index < -0.39 is 0 Å². The maximum absolute atomic E-state index is 11.0. The molecule has 1 heterocycles. The van der Waals surface area contributed by atoms with Crippen LogP contribution in [0, 0.1) is 11.3 Å². The Kier molecular flexibility index (Phi) is 6.37. The molecule has 0 spiro atoms. The zero-order valence-corrected chi connectivity index (χ0v) is 10.6. The largest absolute Gasteiger partial charge is 0.302 e. The number of nitrogens with one attached hydrogen (secondary N) is 2. The summed E-state index contributed by atoms with van der Waals surface area (Å²) in [6.45, 7) is 2.91. The van der Waals surface area contributed by atoms with Crippen molar-refractivity contribution in [2.75, 3.05) is 12.3 Å². The Hall–Kier alpha value is -1.32. The van der Waals surface area contributed by atoms with Gasteiger partial charge in [0.25, 0.3) is 5.56 Å². The molecule has 1 aromatic rings. The summed E-state index contributed by atoms with van der Waals surface area (Å²) < 4.78 is 0. The average Bonchev–Trinajstić information content (AvgIpc) is 2.33. The van der Waals surface area contributed by atoms with Crippen molar-refractivity contribution in [1.82, 2.24) is 15.3 Å². The van der Waals surface area contributed by atoms with Gasteiger partial charge in [-0.25, -0.2) is 4.98 Å². The van der Waals surface area contributed by atoms with Gasteiger partial charge >= 0.3 is 0 Å². The first-order valence-corrected chi connectivity index (χ1v) is 6.56. The number of hydrogen-bond acceptors (Lipinski definition) is 5. The van der Waals surface area contributed by atoms with Crippen molar-refractivity contribution in [3.8, 4) is 6.07 Å². The van der Waals surface area contributed by atoms with Crippen molar-refractivity contribution < 1.29 is 0 Å². The summed E-state index contributed by atoms with van der Waals surface area (Å²) >= 11 is 1.45. The number of rotatable bonds is 7. The molecule has 0 fully saturated rings. The zero-order valence-electron chi connectivity index (χ0n) is 9.77. The van der Waals surface area contributed by atoms with Gasteiger partial charge in [0.1, 0.15) is 0 Å². The van der Waals surface area contributed by atoms with E-state index in [1.807, 2.05) is 0 Å². The van der Waals surface area contributed by atoms with Gasteiger partial charge in [-0.3, -0.25) is 4.79 Å². The van der Waals surface area contributed by atoms with E-state index in [-0.39, 0.29) is 11.6 Å². The second kappa shape index (κ2) is 7.87.